The van der Waals surface area contributed by atoms with E-state index in [9.17, 15) is 0 Å². The second-order valence-electron chi connectivity index (χ2n) is 2.86. The minimum Gasteiger partial charge on any atom is -0.216 e. The van der Waals surface area contributed by atoms with E-state index in [1.54, 1.807) is 6.21 Å². The molecule has 0 N–H and O–H groups in total. The summed E-state index contributed by atoms with van der Waals surface area (Å²) in [6.07, 6.45) is 3.54. The minimum absolute atomic E-state index is 0.265. The predicted octanol–water partition coefficient (Wildman–Crippen LogP) is 1.74. The molecule has 0 saturated carbocycles. The Bertz CT molecular complexity index is 468. The molecule has 0 atom stereocenters. The molecule has 1 aromatic heterocycles. The monoisotopic (exact) mass is 231 g/mol. The molecule has 1 aromatic carbocycles. The third-order valence-corrected chi connectivity index (χ3v) is 2.29. The molecule has 5 nitrogen and oxygen atoms in total. The maximum Gasteiger partial charge on any atom is 0.287 e. The molecule has 2 aromatic rings. The van der Waals surface area contributed by atoms with Crippen LogP contribution in [0.1, 0.15) is 5.56 Å². The summed E-state index contributed by atoms with van der Waals surface area (Å²) in [5, 5.41) is 15.9. The van der Waals surface area contributed by atoms with Crippen LogP contribution in [0.4, 0.5) is 5.95 Å². The Kier molecular flexibility index (Phi) is 3.55. The number of hydrogen-bond donors (Lipinski definition) is 0. The fourth-order valence-electron chi connectivity index (χ4n) is 1.02. The highest BCUT2D eigenvalue weighted by Gasteiger charge is 1.96. The minimum atomic E-state index is 0.265. The Hall–Kier alpha value is -1.82. The van der Waals surface area contributed by atoms with Crippen molar-refractivity contribution >= 4 is 23.9 Å². The summed E-state index contributed by atoms with van der Waals surface area (Å²) in [5.41, 5.74) is 0.986. The van der Waals surface area contributed by atoms with Crippen molar-refractivity contribution in [3.05, 3.63) is 35.9 Å². The third-order valence-electron chi connectivity index (χ3n) is 1.76. The number of aliphatic imine (C=N–C) groups is 1. The maximum absolute atomic E-state index is 4.07. The number of hydrogen-bond acceptors (Lipinski definition) is 6. The van der Waals surface area contributed by atoms with Gasteiger partial charge in [-0.2, -0.15) is 0 Å². The Morgan fingerprint density at radius 1 is 1.06 bits per heavy atom. The van der Waals surface area contributed by atoms with Crippen LogP contribution in [0.5, 0.6) is 0 Å². The normalized spacial score (nSPS) is 10.8. The molecule has 0 aliphatic rings. The van der Waals surface area contributed by atoms with Gasteiger partial charge in [0.25, 0.3) is 5.95 Å². The molecule has 16 heavy (non-hydrogen) atoms. The van der Waals surface area contributed by atoms with E-state index in [2.05, 4.69) is 25.4 Å². The quantitative estimate of drug-likeness (QED) is 0.594. The molecular weight excluding hydrogens is 222 g/mol. The summed E-state index contributed by atoms with van der Waals surface area (Å²) < 4.78 is 0. The molecule has 0 aliphatic carbocycles. The van der Waals surface area contributed by atoms with Crippen molar-refractivity contribution in [1.82, 2.24) is 20.4 Å². The smallest absolute Gasteiger partial charge is 0.216 e. The van der Waals surface area contributed by atoms with E-state index in [0.29, 0.717) is 5.16 Å². The topological polar surface area (TPSA) is 63.9 Å². The summed E-state index contributed by atoms with van der Waals surface area (Å²) in [5.74, 6) is 0.265. The Labute approximate surface area is 97.1 Å². The van der Waals surface area contributed by atoms with Crippen LogP contribution >= 0.6 is 11.8 Å². The van der Waals surface area contributed by atoms with Crippen molar-refractivity contribution in [1.29, 1.82) is 0 Å². The van der Waals surface area contributed by atoms with Gasteiger partial charge < -0.3 is 0 Å². The van der Waals surface area contributed by atoms with Crippen LogP contribution in [0.3, 0.4) is 0 Å². The van der Waals surface area contributed by atoms with Gasteiger partial charge in [0.2, 0.25) is 5.16 Å². The van der Waals surface area contributed by atoms with Crippen molar-refractivity contribution in [2.24, 2.45) is 4.99 Å². The van der Waals surface area contributed by atoms with E-state index in [-0.39, 0.29) is 5.95 Å². The first-order valence-electron chi connectivity index (χ1n) is 4.59. The molecule has 0 radical (unpaired) electrons. The van der Waals surface area contributed by atoms with Gasteiger partial charge in [0, 0.05) is 6.21 Å². The lowest BCUT2D eigenvalue weighted by molar-refractivity contribution is 0.750. The van der Waals surface area contributed by atoms with Crippen molar-refractivity contribution in [3.8, 4) is 0 Å². The van der Waals surface area contributed by atoms with E-state index in [0.717, 1.165) is 5.56 Å². The molecule has 0 saturated heterocycles. The SMILES string of the molecule is CSc1nnc(/N=C/c2ccccc2)nn1. The van der Waals surface area contributed by atoms with Crippen molar-refractivity contribution in [3.63, 3.8) is 0 Å². The molecule has 2 rings (SSSR count). The second kappa shape index (κ2) is 5.32. The van der Waals surface area contributed by atoms with Crippen LogP contribution < -0.4 is 0 Å². The van der Waals surface area contributed by atoms with E-state index < -0.39 is 0 Å². The molecular formula is C10H9N5S. The molecule has 0 amide bonds. The zero-order valence-electron chi connectivity index (χ0n) is 8.61. The lowest BCUT2D eigenvalue weighted by Crippen LogP contribution is -1.93. The molecule has 0 spiro atoms. The number of nitrogens with zero attached hydrogens (tertiary/aromatic N) is 5. The van der Waals surface area contributed by atoms with Gasteiger partial charge in [-0.15, -0.1) is 20.4 Å². The number of thioether (sulfide) groups is 1. The van der Waals surface area contributed by atoms with Crippen molar-refractivity contribution in [2.75, 3.05) is 6.26 Å². The molecule has 0 bridgehead atoms. The lowest BCUT2D eigenvalue weighted by Gasteiger charge is -1.92. The molecule has 0 aliphatic heterocycles. The van der Waals surface area contributed by atoms with Crippen LogP contribution in [0.2, 0.25) is 0 Å². The molecule has 0 fully saturated rings. The molecule has 1 heterocycles. The first-order chi connectivity index (χ1) is 7.88. The zero-order valence-corrected chi connectivity index (χ0v) is 9.42. The Balaban J connectivity index is 2.12. The first-order valence-corrected chi connectivity index (χ1v) is 5.81. The summed E-state index contributed by atoms with van der Waals surface area (Å²) in [7, 11) is 0. The number of rotatable bonds is 3. The summed E-state index contributed by atoms with van der Waals surface area (Å²) in [4.78, 5) is 4.07. The van der Waals surface area contributed by atoms with Gasteiger partial charge in [0.05, 0.1) is 0 Å². The summed E-state index contributed by atoms with van der Waals surface area (Å²) in [6, 6.07) is 9.72. The maximum atomic E-state index is 4.07. The Morgan fingerprint density at radius 3 is 2.38 bits per heavy atom. The highest BCUT2D eigenvalue weighted by Crippen LogP contribution is 2.06. The van der Waals surface area contributed by atoms with E-state index in [1.165, 1.54) is 11.8 Å². The van der Waals surface area contributed by atoms with E-state index >= 15 is 0 Å². The van der Waals surface area contributed by atoms with Crippen LogP contribution in [0.15, 0.2) is 40.5 Å². The lowest BCUT2D eigenvalue weighted by atomic mass is 10.2. The van der Waals surface area contributed by atoms with Gasteiger partial charge in [-0.3, -0.25) is 0 Å². The zero-order chi connectivity index (χ0) is 11.2. The largest absolute Gasteiger partial charge is 0.287 e. The summed E-state index contributed by atoms with van der Waals surface area (Å²) in [6.45, 7) is 0. The van der Waals surface area contributed by atoms with E-state index in [1.807, 2.05) is 36.6 Å². The van der Waals surface area contributed by atoms with Crippen LogP contribution in [-0.2, 0) is 0 Å². The molecule has 80 valence electrons. The van der Waals surface area contributed by atoms with Gasteiger partial charge >= 0.3 is 0 Å². The average molecular weight is 231 g/mol. The van der Waals surface area contributed by atoms with Gasteiger partial charge in [0.15, 0.2) is 0 Å². The second-order valence-corrected chi connectivity index (χ2v) is 3.63. The van der Waals surface area contributed by atoms with Gasteiger partial charge in [-0.1, -0.05) is 42.1 Å². The van der Waals surface area contributed by atoms with Crippen LogP contribution in [0, 0.1) is 0 Å². The van der Waals surface area contributed by atoms with Crippen molar-refractivity contribution < 1.29 is 0 Å². The van der Waals surface area contributed by atoms with Crippen LogP contribution in [0.25, 0.3) is 0 Å². The van der Waals surface area contributed by atoms with Crippen molar-refractivity contribution in [2.45, 2.75) is 5.16 Å². The molecule has 0 unspecified atom stereocenters. The first kappa shape index (κ1) is 10.7. The van der Waals surface area contributed by atoms with Gasteiger partial charge in [-0.05, 0) is 11.8 Å². The highest BCUT2D eigenvalue weighted by atomic mass is 32.2. The number of aromatic nitrogens is 4. The third kappa shape index (κ3) is 2.83. The fourth-order valence-corrected chi connectivity index (χ4v) is 1.26. The predicted molar refractivity (Wildman–Crippen MR) is 63.1 cm³/mol. The summed E-state index contributed by atoms with van der Waals surface area (Å²) >= 11 is 1.39. The fraction of sp³-hybridized carbons (Fsp3) is 0.100. The standard InChI is InChI=1S/C10H9N5S/c1-16-10-14-12-9(13-15-10)11-7-8-5-3-2-4-6-8/h2-7H,1H3/b11-7+. The molecule has 6 heteroatoms. The average Bonchev–Trinajstić information content (AvgIpc) is 2.38. The van der Waals surface area contributed by atoms with Gasteiger partial charge in [0.1, 0.15) is 0 Å². The highest BCUT2D eigenvalue weighted by molar-refractivity contribution is 7.98. The van der Waals surface area contributed by atoms with Gasteiger partial charge in [-0.25, -0.2) is 4.99 Å². The Morgan fingerprint density at radius 2 is 1.75 bits per heavy atom. The van der Waals surface area contributed by atoms with Crippen LogP contribution in [-0.4, -0.2) is 32.9 Å². The van der Waals surface area contributed by atoms with E-state index in [4.69, 9.17) is 0 Å². The number of benzene rings is 1.